The van der Waals surface area contributed by atoms with Gasteiger partial charge in [-0.2, -0.15) is 0 Å². The zero-order valence-corrected chi connectivity index (χ0v) is 19.4. The fourth-order valence-corrected chi connectivity index (χ4v) is 5.49. The summed E-state index contributed by atoms with van der Waals surface area (Å²) in [4.78, 5) is 34.6. The number of amides is 1. The molecule has 2 atom stereocenters. The van der Waals surface area contributed by atoms with E-state index in [1.54, 1.807) is 0 Å². The molecule has 0 radical (unpaired) electrons. The number of amidine groups is 1. The predicted octanol–water partition coefficient (Wildman–Crippen LogP) is 4.53. The van der Waals surface area contributed by atoms with Crippen molar-refractivity contribution in [2.24, 2.45) is 4.99 Å². The number of fused-ring (bicyclic) bond motifs is 1. The lowest BCUT2D eigenvalue weighted by molar-refractivity contribution is -0.136. The second-order valence-corrected chi connectivity index (χ2v) is 9.24. The highest BCUT2D eigenvalue weighted by atomic mass is 32.2. The number of hydrogen-bond acceptors (Lipinski definition) is 6. The van der Waals surface area contributed by atoms with E-state index in [2.05, 4.69) is 11.9 Å². The maximum atomic E-state index is 13.2. The van der Waals surface area contributed by atoms with Crippen LogP contribution in [-0.2, 0) is 14.3 Å². The highest BCUT2D eigenvalue weighted by Crippen LogP contribution is 2.45. The van der Waals surface area contributed by atoms with Gasteiger partial charge in [-0.05, 0) is 51.0 Å². The first-order valence-electron chi connectivity index (χ1n) is 10.8. The third-order valence-corrected chi connectivity index (χ3v) is 7.14. The van der Waals surface area contributed by atoms with Crippen LogP contribution in [0.1, 0.15) is 56.7 Å². The molecule has 0 N–H and O–H groups in total. The minimum Gasteiger partial charge on any atom is -0.466 e. The highest BCUT2D eigenvalue weighted by molar-refractivity contribution is 8.16. The molecule has 3 aliphatic rings. The summed E-state index contributed by atoms with van der Waals surface area (Å²) in [5, 5.41) is 2.80. The number of nitrogens with zero attached hydrogens (tertiary/aromatic N) is 3. The third kappa shape index (κ3) is 4.15. The number of rotatable bonds is 4. The van der Waals surface area contributed by atoms with Crippen LogP contribution in [-0.4, -0.2) is 46.5 Å². The molecule has 7 heteroatoms. The van der Waals surface area contributed by atoms with Crippen LogP contribution in [0.15, 0.2) is 51.6 Å². The van der Waals surface area contributed by atoms with Crippen LogP contribution in [0.5, 0.6) is 0 Å². The van der Waals surface area contributed by atoms with Gasteiger partial charge in [0, 0.05) is 18.3 Å². The average Bonchev–Trinajstić information content (AvgIpc) is 3.15. The Morgan fingerprint density at radius 1 is 1.19 bits per heavy atom. The van der Waals surface area contributed by atoms with Crippen molar-refractivity contribution in [1.82, 2.24) is 9.80 Å². The van der Waals surface area contributed by atoms with Gasteiger partial charge in [-0.1, -0.05) is 41.6 Å². The van der Waals surface area contributed by atoms with Crippen molar-refractivity contribution >= 4 is 28.8 Å². The van der Waals surface area contributed by atoms with E-state index < -0.39 is 5.97 Å². The van der Waals surface area contributed by atoms with Crippen molar-refractivity contribution in [2.45, 2.75) is 58.5 Å². The molecule has 0 spiro atoms. The van der Waals surface area contributed by atoms with Gasteiger partial charge in [-0.25, -0.2) is 9.79 Å². The summed E-state index contributed by atoms with van der Waals surface area (Å²) >= 11 is 1.51. The summed E-state index contributed by atoms with van der Waals surface area (Å²) < 4.78 is 5.12. The molecule has 3 aliphatic heterocycles. The van der Waals surface area contributed by atoms with Crippen molar-refractivity contribution < 1.29 is 14.3 Å². The van der Waals surface area contributed by atoms with Crippen molar-refractivity contribution in [3.05, 3.63) is 57.8 Å². The Kier molecular flexibility index (Phi) is 6.23. The van der Waals surface area contributed by atoms with E-state index in [1.165, 1.54) is 25.3 Å². The first kappa shape index (κ1) is 21.7. The predicted molar refractivity (Wildman–Crippen MR) is 123 cm³/mol. The molecule has 0 aromatic heterocycles. The van der Waals surface area contributed by atoms with Crippen LogP contribution >= 0.6 is 11.8 Å². The zero-order chi connectivity index (χ0) is 22.1. The van der Waals surface area contributed by atoms with E-state index in [-0.39, 0.29) is 18.0 Å². The average molecular weight is 440 g/mol. The number of allylic oxidation sites excluding steroid dienone is 1. The molecule has 31 heavy (non-hydrogen) atoms. The number of aliphatic imine (C=N–C) groups is 1. The van der Waals surface area contributed by atoms with Crippen molar-refractivity contribution in [1.29, 1.82) is 0 Å². The molecule has 164 valence electrons. The van der Waals surface area contributed by atoms with E-state index >= 15 is 0 Å². The number of carbonyl (C=O) groups excluding carboxylic acids is 2. The number of ether oxygens (including phenoxy) is 1. The lowest BCUT2D eigenvalue weighted by Gasteiger charge is -2.38. The second-order valence-electron chi connectivity index (χ2n) is 8.40. The lowest BCUT2D eigenvalue weighted by atomic mass is 9.93. The molecule has 1 aromatic carbocycles. The molecule has 1 fully saturated rings. The first-order chi connectivity index (χ1) is 14.9. The Labute approximate surface area is 188 Å². The van der Waals surface area contributed by atoms with E-state index in [4.69, 9.17) is 4.74 Å². The Balaban J connectivity index is 1.68. The van der Waals surface area contributed by atoms with Crippen LogP contribution in [0.25, 0.3) is 0 Å². The topological polar surface area (TPSA) is 62.2 Å². The fourth-order valence-electron chi connectivity index (χ4n) is 4.53. The van der Waals surface area contributed by atoms with Gasteiger partial charge in [0.15, 0.2) is 5.17 Å². The van der Waals surface area contributed by atoms with Crippen LogP contribution in [0, 0.1) is 6.92 Å². The zero-order valence-electron chi connectivity index (χ0n) is 18.6. The number of piperidine rings is 1. The summed E-state index contributed by atoms with van der Waals surface area (Å²) in [6.45, 7) is 6.82. The van der Waals surface area contributed by atoms with Crippen LogP contribution in [0.2, 0.25) is 0 Å². The number of hydrogen-bond donors (Lipinski definition) is 0. The standard InChI is InChI=1S/C24H29N3O3S/c1-15-8-10-18(11-9-15)22-21(23(29)30-4)17(3)25-24-27(22)19(14-31-24)13-20(28)26-12-6-5-7-16(26)2/h8-11,14,16,22H,5-7,12-13H2,1-4H3. The minimum absolute atomic E-state index is 0.133. The maximum absolute atomic E-state index is 13.2. The highest BCUT2D eigenvalue weighted by Gasteiger charge is 2.41. The van der Waals surface area contributed by atoms with Gasteiger partial charge < -0.3 is 14.5 Å². The maximum Gasteiger partial charge on any atom is 0.338 e. The number of methoxy groups -OCH3 is 1. The first-order valence-corrected chi connectivity index (χ1v) is 11.7. The van der Waals surface area contributed by atoms with E-state index in [0.717, 1.165) is 41.4 Å². The quantitative estimate of drug-likeness (QED) is 0.645. The monoisotopic (exact) mass is 439 g/mol. The molecule has 0 saturated carbocycles. The van der Waals surface area contributed by atoms with Gasteiger partial charge in [0.2, 0.25) is 5.91 Å². The Morgan fingerprint density at radius 2 is 1.94 bits per heavy atom. The van der Waals surface area contributed by atoms with Gasteiger partial charge in [-0.3, -0.25) is 4.79 Å². The molecule has 0 bridgehead atoms. The summed E-state index contributed by atoms with van der Waals surface area (Å²) in [5.41, 5.74) is 4.18. The molecule has 0 aliphatic carbocycles. The molecule has 1 saturated heterocycles. The second kappa shape index (κ2) is 8.91. The van der Waals surface area contributed by atoms with Crippen LogP contribution in [0.3, 0.4) is 0 Å². The van der Waals surface area contributed by atoms with E-state index in [1.807, 2.05) is 53.3 Å². The van der Waals surface area contributed by atoms with Crippen molar-refractivity contribution in [3.8, 4) is 0 Å². The number of likely N-dealkylation sites (tertiary alicyclic amines) is 1. The van der Waals surface area contributed by atoms with E-state index in [9.17, 15) is 9.59 Å². The Morgan fingerprint density at radius 3 is 2.61 bits per heavy atom. The van der Waals surface area contributed by atoms with Gasteiger partial charge in [0.25, 0.3) is 0 Å². The summed E-state index contributed by atoms with van der Waals surface area (Å²) in [6.07, 6.45) is 3.58. The number of benzene rings is 1. The molecule has 1 amide bonds. The molecule has 2 unspecified atom stereocenters. The lowest BCUT2D eigenvalue weighted by Crippen LogP contribution is -2.43. The van der Waals surface area contributed by atoms with Gasteiger partial charge >= 0.3 is 5.97 Å². The molecule has 1 aromatic rings. The minimum atomic E-state index is -0.391. The number of thioether (sulfide) groups is 1. The largest absolute Gasteiger partial charge is 0.466 e. The molecule has 4 rings (SSSR count). The van der Waals surface area contributed by atoms with Crippen LogP contribution < -0.4 is 0 Å². The Bertz CT molecular complexity index is 980. The molecule has 3 heterocycles. The van der Waals surface area contributed by atoms with Crippen LogP contribution in [0.4, 0.5) is 0 Å². The van der Waals surface area contributed by atoms with Gasteiger partial charge in [0.05, 0.1) is 30.8 Å². The molecular weight excluding hydrogens is 410 g/mol. The third-order valence-electron chi connectivity index (χ3n) is 6.25. The number of esters is 1. The van der Waals surface area contributed by atoms with Gasteiger partial charge in [0.1, 0.15) is 0 Å². The molecule has 6 nitrogen and oxygen atoms in total. The van der Waals surface area contributed by atoms with Gasteiger partial charge in [-0.15, -0.1) is 0 Å². The normalized spacial score (nSPS) is 23.4. The smallest absolute Gasteiger partial charge is 0.338 e. The summed E-state index contributed by atoms with van der Waals surface area (Å²) in [7, 11) is 1.39. The number of aryl methyl sites for hydroxylation is 1. The van der Waals surface area contributed by atoms with Crippen molar-refractivity contribution in [3.63, 3.8) is 0 Å². The summed E-state index contributed by atoms with van der Waals surface area (Å²) in [6, 6.07) is 8.05. The number of carbonyl (C=O) groups is 2. The SMILES string of the molecule is COC(=O)C1=C(C)N=C2SC=C(CC(=O)N3CCCCC3C)N2C1c1ccc(C)cc1. The summed E-state index contributed by atoms with van der Waals surface area (Å²) in [5.74, 6) is -0.257. The molecular formula is C24H29N3O3S. The Hall–Kier alpha value is -2.54. The van der Waals surface area contributed by atoms with Crippen molar-refractivity contribution in [2.75, 3.05) is 13.7 Å². The fraction of sp³-hybridized carbons (Fsp3) is 0.458. The van der Waals surface area contributed by atoms with E-state index in [0.29, 0.717) is 17.7 Å².